The minimum atomic E-state index is 0.257. The molecular formula is C10H12BrNO. The van der Waals surface area contributed by atoms with Gasteiger partial charge in [0.25, 0.3) is 0 Å². The van der Waals surface area contributed by atoms with E-state index >= 15 is 0 Å². The molecule has 0 saturated heterocycles. The maximum atomic E-state index is 5.68. The van der Waals surface area contributed by atoms with Gasteiger partial charge < -0.3 is 10.1 Å². The van der Waals surface area contributed by atoms with Crippen LogP contribution in [0.3, 0.4) is 0 Å². The van der Waals surface area contributed by atoms with Crippen LogP contribution in [0.25, 0.3) is 0 Å². The number of benzene rings is 1. The second-order valence-electron chi connectivity index (χ2n) is 3.41. The van der Waals surface area contributed by atoms with E-state index in [-0.39, 0.29) is 6.10 Å². The normalized spacial score (nSPS) is 20.1. The van der Waals surface area contributed by atoms with E-state index in [1.807, 2.05) is 0 Å². The molecule has 0 spiro atoms. The third-order valence-corrected chi connectivity index (χ3v) is 3.02. The van der Waals surface area contributed by atoms with E-state index in [9.17, 15) is 0 Å². The standard InChI is InChI=1S/C10H12BrNO/c1-6-3-10-9(4-8(6)11)12-5-7(2)13-10/h3-4,7,12H,5H2,1-2H3. The number of anilines is 1. The average molecular weight is 242 g/mol. The van der Waals surface area contributed by atoms with Crippen LogP contribution in [0.15, 0.2) is 16.6 Å². The monoisotopic (exact) mass is 241 g/mol. The first-order valence-corrected chi connectivity index (χ1v) is 5.17. The van der Waals surface area contributed by atoms with Crippen LogP contribution in [-0.4, -0.2) is 12.6 Å². The minimum Gasteiger partial charge on any atom is -0.487 e. The predicted octanol–water partition coefficient (Wildman–Crippen LogP) is 2.95. The molecule has 1 aromatic rings. The number of hydrogen-bond acceptors (Lipinski definition) is 2. The summed E-state index contributed by atoms with van der Waals surface area (Å²) < 4.78 is 6.81. The lowest BCUT2D eigenvalue weighted by atomic mass is 10.2. The van der Waals surface area contributed by atoms with E-state index in [1.54, 1.807) is 0 Å². The van der Waals surface area contributed by atoms with Crippen molar-refractivity contribution in [3.63, 3.8) is 0 Å². The summed E-state index contributed by atoms with van der Waals surface area (Å²) in [5.74, 6) is 0.958. The number of aryl methyl sites for hydroxylation is 1. The summed E-state index contributed by atoms with van der Waals surface area (Å²) in [7, 11) is 0. The lowest BCUT2D eigenvalue weighted by Crippen LogP contribution is -2.27. The highest BCUT2D eigenvalue weighted by Gasteiger charge is 2.15. The summed E-state index contributed by atoms with van der Waals surface area (Å²) in [6.07, 6.45) is 0.257. The van der Waals surface area contributed by atoms with Crippen molar-refractivity contribution < 1.29 is 4.74 Å². The SMILES string of the molecule is Cc1cc2c(cc1Br)NCC(C)O2. The van der Waals surface area contributed by atoms with Crippen molar-refractivity contribution in [1.29, 1.82) is 0 Å². The van der Waals surface area contributed by atoms with Crippen LogP contribution in [0.2, 0.25) is 0 Å². The molecule has 70 valence electrons. The third kappa shape index (κ3) is 1.66. The molecule has 1 atom stereocenters. The quantitative estimate of drug-likeness (QED) is 0.755. The number of nitrogens with one attached hydrogen (secondary N) is 1. The van der Waals surface area contributed by atoms with Crippen molar-refractivity contribution >= 4 is 21.6 Å². The van der Waals surface area contributed by atoms with Gasteiger partial charge in [-0.2, -0.15) is 0 Å². The highest BCUT2D eigenvalue weighted by atomic mass is 79.9. The number of hydrogen-bond donors (Lipinski definition) is 1. The molecule has 0 aliphatic carbocycles. The van der Waals surface area contributed by atoms with Crippen molar-refractivity contribution in [1.82, 2.24) is 0 Å². The van der Waals surface area contributed by atoms with E-state index in [0.717, 1.165) is 22.5 Å². The molecule has 3 heteroatoms. The Morgan fingerprint density at radius 2 is 2.31 bits per heavy atom. The maximum Gasteiger partial charge on any atom is 0.143 e. The van der Waals surface area contributed by atoms with Gasteiger partial charge in [0.05, 0.1) is 12.2 Å². The van der Waals surface area contributed by atoms with Crippen molar-refractivity contribution in [2.75, 3.05) is 11.9 Å². The Balaban J connectivity index is 2.43. The van der Waals surface area contributed by atoms with Crippen molar-refractivity contribution in [3.05, 3.63) is 22.2 Å². The molecule has 1 aliphatic rings. The van der Waals surface area contributed by atoms with Gasteiger partial charge in [-0.3, -0.25) is 0 Å². The summed E-state index contributed by atoms with van der Waals surface area (Å²) >= 11 is 3.49. The molecule has 2 nitrogen and oxygen atoms in total. The van der Waals surface area contributed by atoms with Gasteiger partial charge in [-0.1, -0.05) is 15.9 Å². The van der Waals surface area contributed by atoms with Gasteiger partial charge in [0.15, 0.2) is 0 Å². The van der Waals surface area contributed by atoms with Gasteiger partial charge in [-0.25, -0.2) is 0 Å². The number of rotatable bonds is 0. The largest absolute Gasteiger partial charge is 0.487 e. The van der Waals surface area contributed by atoms with Crippen LogP contribution in [0.5, 0.6) is 5.75 Å². The Morgan fingerprint density at radius 1 is 1.54 bits per heavy atom. The molecule has 0 bridgehead atoms. The molecule has 1 N–H and O–H groups in total. The summed E-state index contributed by atoms with van der Waals surface area (Å²) in [6, 6.07) is 4.12. The van der Waals surface area contributed by atoms with E-state index in [1.165, 1.54) is 5.56 Å². The summed E-state index contributed by atoms with van der Waals surface area (Å²) in [5, 5.41) is 3.33. The average Bonchev–Trinajstić information content (AvgIpc) is 2.08. The van der Waals surface area contributed by atoms with Crippen LogP contribution < -0.4 is 10.1 Å². The Morgan fingerprint density at radius 3 is 3.08 bits per heavy atom. The van der Waals surface area contributed by atoms with Crippen LogP contribution in [0, 0.1) is 6.92 Å². The Bertz CT molecular complexity index is 338. The topological polar surface area (TPSA) is 21.3 Å². The smallest absolute Gasteiger partial charge is 0.143 e. The number of ether oxygens (including phenoxy) is 1. The second kappa shape index (κ2) is 3.22. The molecule has 1 aliphatic heterocycles. The molecule has 0 saturated carbocycles. The summed E-state index contributed by atoms with van der Waals surface area (Å²) in [6.45, 7) is 5.00. The predicted molar refractivity (Wildman–Crippen MR) is 57.5 cm³/mol. The first-order valence-electron chi connectivity index (χ1n) is 4.37. The molecule has 1 unspecified atom stereocenters. The molecule has 0 aromatic heterocycles. The zero-order valence-corrected chi connectivity index (χ0v) is 9.31. The van der Waals surface area contributed by atoms with Gasteiger partial charge in [-0.05, 0) is 31.5 Å². The number of halogens is 1. The molecular weight excluding hydrogens is 230 g/mol. The van der Waals surface area contributed by atoms with Crippen LogP contribution >= 0.6 is 15.9 Å². The fourth-order valence-electron chi connectivity index (χ4n) is 1.40. The Hall–Kier alpha value is -0.700. The fraction of sp³-hybridized carbons (Fsp3) is 0.400. The van der Waals surface area contributed by atoms with Crippen molar-refractivity contribution in [2.24, 2.45) is 0 Å². The lowest BCUT2D eigenvalue weighted by Gasteiger charge is -2.25. The van der Waals surface area contributed by atoms with E-state index in [4.69, 9.17) is 4.74 Å². The molecule has 1 aromatic carbocycles. The maximum absolute atomic E-state index is 5.68. The number of fused-ring (bicyclic) bond motifs is 1. The molecule has 0 amide bonds. The first kappa shape index (κ1) is 8.88. The summed E-state index contributed by atoms with van der Waals surface area (Å²) in [5.41, 5.74) is 2.28. The van der Waals surface area contributed by atoms with E-state index < -0.39 is 0 Å². The molecule has 13 heavy (non-hydrogen) atoms. The zero-order valence-electron chi connectivity index (χ0n) is 7.73. The zero-order chi connectivity index (χ0) is 9.42. The van der Waals surface area contributed by atoms with Crippen LogP contribution in [0.1, 0.15) is 12.5 Å². The van der Waals surface area contributed by atoms with Gasteiger partial charge >= 0.3 is 0 Å². The Labute approximate surface area is 86.4 Å². The highest BCUT2D eigenvalue weighted by Crippen LogP contribution is 2.33. The van der Waals surface area contributed by atoms with Crippen LogP contribution in [0.4, 0.5) is 5.69 Å². The van der Waals surface area contributed by atoms with Gasteiger partial charge in [-0.15, -0.1) is 0 Å². The Kier molecular flexibility index (Phi) is 2.20. The fourth-order valence-corrected chi connectivity index (χ4v) is 1.75. The molecule has 1 heterocycles. The highest BCUT2D eigenvalue weighted by molar-refractivity contribution is 9.10. The summed E-state index contributed by atoms with van der Waals surface area (Å²) in [4.78, 5) is 0. The third-order valence-electron chi connectivity index (χ3n) is 2.17. The van der Waals surface area contributed by atoms with E-state index in [2.05, 4.69) is 47.2 Å². The van der Waals surface area contributed by atoms with Crippen molar-refractivity contribution in [2.45, 2.75) is 20.0 Å². The van der Waals surface area contributed by atoms with Gasteiger partial charge in [0.2, 0.25) is 0 Å². The van der Waals surface area contributed by atoms with Gasteiger partial charge in [0, 0.05) is 4.47 Å². The van der Waals surface area contributed by atoms with Gasteiger partial charge in [0.1, 0.15) is 11.9 Å². The molecule has 0 fully saturated rings. The molecule has 0 radical (unpaired) electrons. The lowest BCUT2D eigenvalue weighted by molar-refractivity contribution is 0.226. The first-order chi connectivity index (χ1) is 6.16. The minimum absolute atomic E-state index is 0.257. The van der Waals surface area contributed by atoms with Crippen molar-refractivity contribution in [3.8, 4) is 5.75 Å². The van der Waals surface area contributed by atoms with Crippen LogP contribution in [-0.2, 0) is 0 Å². The molecule has 2 rings (SSSR count). The second-order valence-corrected chi connectivity index (χ2v) is 4.26. The van der Waals surface area contributed by atoms with E-state index in [0.29, 0.717) is 0 Å².